The van der Waals surface area contributed by atoms with Crippen molar-refractivity contribution in [3.8, 4) is 0 Å². The first kappa shape index (κ1) is 16.6. The highest BCUT2D eigenvalue weighted by molar-refractivity contribution is 5.47. The van der Waals surface area contributed by atoms with Gasteiger partial charge in [0.1, 0.15) is 23.8 Å². The molecule has 6 nitrogen and oxygen atoms in total. The Balaban J connectivity index is 1.51. The molecule has 3 heterocycles. The fourth-order valence-corrected chi connectivity index (χ4v) is 2.92. The van der Waals surface area contributed by atoms with Crippen molar-refractivity contribution in [1.29, 1.82) is 0 Å². The number of halogens is 1. The van der Waals surface area contributed by atoms with Crippen LogP contribution in [0.5, 0.6) is 0 Å². The number of hydrogen-bond acceptors (Lipinski definition) is 6. The quantitative estimate of drug-likeness (QED) is 0.907. The maximum Gasteiger partial charge on any atom is 0.141 e. The average molecular weight is 330 g/mol. The van der Waals surface area contributed by atoms with Crippen molar-refractivity contribution in [1.82, 2.24) is 19.9 Å². The molecule has 3 rings (SSSR count). The molecule has 0 bridgehead atoms. The summed E-state index contributed by atoms with van der Waals surface area (Å²) in [5.41, 5.74) is 0.924. The number of pyridine rings is 1. The Morgan fingerprint density at radius 3 is 2.71 bits per heavy atom. The number of nitrogens with zero attached hydrogens (tertiary/aromatic N) is 5. The molecule has 0 saturated carbocycles. The van der Waals surface area contributed by atoms with Crippen molar-refractivity contribution < 1.29 is 4.39 Å². The van der Waals surface area contributed by atoms with Gasteiger partial charge in [-0.25, -0.2) is 14.4 Å². The molecular formula is C17H23FN6. The van der Waals surface area contributed by atoms with Crippen molar-refractivity contribution in [3.05, 3.63) is 42.2 Å². The highest BCUT2D eigenvalue weighted by atomic mass is 19.1. The monoisotopic (exact) mass is 330 g/mol. The fraction of sp³-hybridized carbons (Fsp3) is 0.471. The predicted molar refractivity (Wildman–Crippen MR) is 92.5 cm³/mol. The smallest absolute Gasteiger partial charge is 0.141 e. The standard InChI is InChI=1S/C17H23FN6/c1-23(2)17-8-16(20-12-21-17)22-15-3-5-24(6-4-15)11-13-7-14(18)10-19-9-13/h7-10,12,15H,3-6,11H2,1-2H3,(H,20,21,22). The molecule has 128 valence electrons. The second kappa shape index (κ2) is 7.53. The fourth-order valence-electron chi connectivity index (χ4n) is 2.92. The number of hydrogen-bond donors (Lipinski definition) is 1. The molecule has 0 radical (unpaired) electrons. The maximum atomic E-state index is 13.2. The van der Waals surface area contributed by atoms with Crippen LogP contribution in [0.2, 0.25) is 0 Å². The van der Waals surface area contributed by atoms with E-state index in [1.165, 1.54) is 6.20 Å². The topological polar surface area (TPSA) is 57.2 Å². The van der Waals surface area contributed by atoms with Gasteiger partial charge >= 0.3 is 0 Å². The Hall–Kier alpha value is -2.28. The lowest BCUT2D eigenvalue weighted by atomic mass is 10.0. The van der Waals surface area contributed by atoms with E-state index in [-0.39, 0.29) is 5.82 Å². The minimum Gasteiger partial charge on any atom is -0.367 e. The first-order chi connectivity index (χ1) is 11.6. The number of rotatable bonds is 5. The van der Waals surface area contributed by atoms with Crippen molar-refractivity contribution in [2.45, 2.75) is 25.4 Å². The van der Waals surface area contributed by atoms with Gasteiger partial charge < -0.3 is 10.2 Å². The lowest BCUT2D eigenvalue weighted by Gasteiger charge is -2.32. The summed E-state index contributed by atoms with van der Waals surface area (Å²) in [7, 11) is 3.93. The highest BCUT2D eigenvalue weighted by Crippen LogP contribution is 2.18. The van der Waals surface area contributed by atoms with Crippen LogP contribution in [0.25, 0.3) is 0 Å². The van der Waals surface area contributed by atoms with Crippen LogP contribution in [-0.2, 0) is 6.54 Å². The van der Waals surface area contributed by atoms with E-state index in [1.54, 1.807) is 18.6 Å². The van der Waals surface area contributed by atoms with Crippen molar-refractivity contribution >= 4 is 11.6 Å². The zero-order valence-electron chi connectivity index (χ0n) is 14.1. The maximum absolute atomic E-state index is 13.2. The van der Waals surface area contributed by atoms with Crippen LogP contribution in [-0.4, -0.2) is 53.1 Å². The van der Waals surface area contributed by atoms with Crippen LogP contribution >= 0.6 is 0 Å². The molecule has 1 fully saturated rings. The number of likely N-dealkylation sites (tertiary alicyclic amines) is 1. The summed E-state index contributed by atoms with van der Waals surface area (Å²) in [5, 5.41) is 3.49. The molecule has 1 saturated heterocycles. The summed E-state index contributed by atoms with van der Waals surface area (Å²) in [4.78, 5) is 16.7. The second-order valence-corrected chi connectivity index (χ2v) is 6.36. The van der Waals surface area contributed by atoms with Crippen LogP contribution < -0.4 is 10.2 Å². The summed E-state index contributed by atoms with van der Waals surface area (Å²) >= 11 is 0. The van der Waals surface area contributed by atoms with E-state index in [9.17, 15) is 4.39 Å². The lowest BCUT2D eigenvalue weighted by Crippen LogP contribution is -2.38. The van der Waals surface area contributed by atoms with Gasteiger partial charge in [-0.3, -0.25) is 9.88 Å². The normalized spacial score (nSPS) is 16.1. The van der Waals surface area contributed by atoms with Gasteiger partial charge in [-0.2, -0.15) is 0 Å². The number of anilines is 2. The predicted octanol–water partition coefficient (Wildman–Crippen LogP) is 2.15. The van der Waals surface area contributed by atoms with Crippen LogP contribution in [0.4, 0.5) is 16.0 Å². The largest absolute Gasteiger partial charge is 0.367 e. The third-order valence-corrected chi connectivity index (χ3v) is 4.22. The van der Waals surface area contributed by atoms with Gasteiger partial charge in [0, 0.05) is 52.0 Å². The SMILES string of the molecule is CN(C)c1cc(NC2CCN(Cc3cncc(F)c3)CC2)ncn1. The lowest BCUT2D eigenvalue weighted by molar-refractivity contribution is 0.210. The first-order valence-electron chi connectivity index (χ1n) is 8.18. The number of nitrogens with one attached hydrogen (secondary N) is 1. The first-order valence-corrected chi connectivity index (χ1v) is 8.18. The Morgan fingerprint density at radius 1 is 1.21 bits per heavy atom. The molecule has 0 spiro atoms. The summed E-state index contributed by atoms with van der Waals surface area (Å²) in [6.45, 7) is 2.69. The Labute approximate surface area is 141 Å². The zero-order valence-corrected chi connectivity index (χ0v) is 14.1. The van der Waals surface area contributed by atoms with Gasteiger partial charge in [0.2, 0.25) is 0 Å². The second-order valence-electron chi connectivity index (χ2n) is 6.36. The van der Waals surface area contributed by atoms with Crippen LogP contribution in [0.3, 0.4) is 0 Å². The van der Waals surface area contributed by atoms with Crippen LogP contribution in [0.1, 0.15) is 18.4 Å². The Morgan fingerprint density at radius 2 is 2.00 bits per heavy atom. The molecule has 0 atom stereocenters. The van der Waals surface area contributed by atoms with E-state index in [0.717, 1.165) is 49.7 Å². The molecule has 1 aliphatic rings. The van der Waals surface area contributed by atoms with E-state index in [4.69, 9.17) is 0 Å². The van der Waals surface area contributed by atoms with E-state index in [0.29, 0.717) is 6.04 Å². The Kier molecular flexibility index (Phi) is 5.20. The minimum atomic E-state index is -0.274. The average Bonchev–Trinajstić information content (AvgIpc) is 2.57. The molecule has 0 aromatic carbocycles. The third kappa shape index (κ3) is 4.38. The third-order valence-electron chi connectivity index (χ3n) is 4.22. The van der Waals surface area contributed by atoms with Gasteiger partial charge in [0.25, 0.3) is 0 Å². The zero-order chi connectivity index (χ0) is 16.9. The van der Waals surface area contributed by atoms with E-state index in [2.05, 4.69) is 25.2 Å². The minimum absolute atomic E-state index is 0.274. The van der Waals surface area contributed by atoms with Gasteiger partial charge in [0.15, 0.2) is 0 Å². The van der Waals surface area contributed by atoms with E-state index < -0.39 is 0 Å². The van der Waals surface area contributed by atoms with Crippen molar-refractivity contribution in [2.24, 2.45) is 0 Å². The van der Waals surface area contributed by atoms with Gasteiger partial charge in [-0.1, -0.05) is 0 Å². The molecule has 1 aliphatic heterocycles. The molecule has 0 amide bonds. The summed E-state index contributed by atoms with van der Waals surface area (Å²) in [6, 6.07) is 3.92. The van der Waals surface area contributed by atoms with Gasteiger partial charge in [-0.05, 0) is 24.5 Å². The molecule has 2 aromatic rings. The molecule has 24 heavy (non-hydrogen) atoms. The van der Waals surface area contributed by atoms with Gasteiger partial charge in [-0.15, -0.1) is 0 Å². The summed E-state index contributed by atoms with van der Waals surface area (Å²) < 4.78 is 13.2. The molecular weight excluding hydrogens is 307 g/mol. The number of piperidine rings is 1. The van der Waals surface area contributed by atoms with Crippen molar-refractivity contribution in [2.75, 3.05) is 37.4 Å². The van der Waals surface area contributed by atoms with Crippen LogP contribution in [0, 0.1) is 5.82 Å². The molecule has 7 heteroatoms. The van der Waals surface area contributed by atoms with Crippen molar-refractivity contribution in [3.63, 3.8) is 0 Å². The van der Waals surface area contributed by atoms with E-state index >= 15 is 0 Å². The summed E-state index contributed by atoms with van der Waals surface area (Å²) in [5.74, 6) is 1.48. The number of aromatic nitrogens is 3. The van der Waals surface area contributed by atoms with Crippen LogP contribution in [0.15, 0.2) is 30.9 Å². The Bertz CT molecular complexity index is 670. The highest BCUT2D eigenvalue weighted by Gasteiger charge is 2.19. The van der Waals surface area contributed by atoms with E-state index in [1.807, 2.05) is 25.1 Å². The molecule has 0 unspecified atom stereocenters. The molecule has 1 N–H and O–H groups in total. The van der Waals surface area contributed by atoms with Gasteiger partial charge in [0.05, 0.1) is 6.20 Å². The summed E-state index contributed by atoms with van der Waals surface area (Å²) in [6.07, 6.45) is 6.62. The molecule has 0 aliphatic carbocycles. The molecule has 2 aromatic heterocycles.